The zero-order valence-corrected chi connectivity index (χ0v) is 20.5. The molecule has 4 aliphatic rings. The van der Waals surface area contributed by atoms with Gasteiger partial charge < -0.3 is 19.3 Å². The van der Waals surface area contributed by atoms with Gasteiger partial charge in [-0.1, -0.05) is 6.07 Å². The zero-order valence-electron chi connectivity index (χ0n) is 20.5. The van der Waals surface area contributed by atoms with E-state index in [1.807, 2.05) is 4.90 Å². The molecule has 4 aliphatic heterocycles. The lowest BCUT2D eigenvalue weighted by Gasteiger charge is -2.44. The molecule has 196 valence electrons. The molecule has 1 amide bonds. The summed E-state index contributed by atoms with van der Waals surface area (Å²) in [6.45, 7) is 6.25. The monoisotopic (exact) mass is 507 g/mol. The van der Waals surface area contributed by atoms with Crippen LogP contribution >= 0.6 is 0 Å². The SMILES string of the molecule is CC1=C(C(=O)N2CCN(c3cccc(C(F)(F)F)c3)CC2)C2(CCN(C3CCOCC3)CC2)OC1=O. The summed E-state index contributed by atoms with van der Waals surface area (Å²) in [5.41, 5.74) is -0.247. The summed E-state index contributed by atoms with van der Waals surface area (Å²) in [4.78, 5) is 32.3. The Kier molecular flexibility index (Phi) is 6.76. The number of carbonyl (C=O) groups excluding carboxylic acids is 2. The largest absolute Gasteiger partial charge is 0.450 e. The van der Waals surface area contributed by atoms with Crippen LogP contribution in [-0.4, -0.2) is 85.8 Å². The van der Waals surface area contributed by atoms with Crippen molar-refractivity contribution in [1.29, 1.82) is 0 Å². The standard InChI is InChI=1S/C26H32F3N3O4/c1-18-22(25(36-24(18)34)7-9-30(10-8-25)20-5-15-35-16-6-20)23(33)32-13-11-31(12-14-32)21-4-2-3-19(17-21)26(27,28)29/h2-4,17,20H,5-16H2,1H3. The van der Waals surface area contributed by atoms with E-state index in [4.69, 9.17) is 9.47 Å². The molecule has 1 spiro atoms. The van der Waals surface area contributed by atoms with Crippen LogP contribution in [0.3, 0.4) is 0 Å². The third-order valence-electron chi connectivity index (χ3n) is 8.06. The lowest BCUT2D eigenvalue weighted by Crippen LogP contribution is -2.54. The fourth-order valence-electron chi connectivity index (χ4n) is 5.96. The molecule has 0 atom stereocenters. The molecule has 7 nitrogen and oxygen atoms in total. The molecule has 0 saturated carbocycles. The third-order valence-corrected chi connectivity index (χ3v) is 8.06. The van der Waals surface area contributed by atoms with Gasteiger partial charge in [0.05, 0.1) is 11.1 Å². The molecule has 3 fully saturated rings. The van der Waals surface area contributed by atoms with Gasteiger partial charge in [0.2, 0.25) is 0 Å². The lowest BCUT2D eigenvalue weighted by molar-refractivity contribution is -0.152. The first-order chi connectivity index (χ1) is 17.2. The van der Waals surface area contributed by atoms with Gasteiger partial charge in [0.15, 0.2) is 0 Å². The van der Waals surface area contributed by atoms with E-state index in [0.29, 0.717) is 61.9 Å². The average molecular weight is 508 g/mol. The van der Waals surface area contributed by atoms with Gasteiger partial charge in [-0.15, -0.1) is 0 Å². The number of hydrogen-bond acceptors (Lipinski definition) is 6. The van der Waals surface area contributed by atoms with Crippen LogP contribution < -0.4 is 4.90 Å². The van der Waals surface area contributed by atoms with Crippen molar-refractivity contribution < 1.29 is 32.2 Å². The maximum atomic E-state index is 13.7. The van der Waals surface area contributed by atoms with Crippen LogP contribution in [0.15, 0.2) is 35.4 Å². The number of piperazine rings is 1. The minimum atomic E-state index is -4.40. The van der Waals surface area contributed by atoms with Gasteiger partial charge in [-0.3, -0.25) is 9.69 Å². The highest BCUT2D eigenvalue weighted by Gasteiger charge is 2.52. The second-order valence-electron chi connectivity index (χ2n) is 10.1. The molecule has 0 aliphatic carbocycles. The Bertz CT molecular complexity index is 1040. The number of carbonyl (C=O) groups is 2. The van der Waals surface area contributed by atoms with Crippen molar-refractivity contribution in [2.45, 2.75) is 50.4 Å². The summed E-state index contributed by atoms with van der Waals surface area (Å²) in [6.07, 6.45) is -1.26. The van der Waals surface area contributed by atoms with E-state index >= 15 is 0 Å². The Morgan fingerprint density at radius 2 is 1.69 bits per heavy atom. The number of nitrogens with zero attached hydrogens (tertiary/aromatic N) is 3. The molecule has 4 heterocycles. The third kappa shape index (κ3) is 4.72. The lowest BCUT2D eigenvalue weighted by atomic mass is 9.81. The molecule has 3 saturated heterocycles. The molecular weight excluding hydrogens is 475 g/mol. The van der Waals surface area contributed by atoms with Gasteiger partial charge in [0, 0.05) is 82.6 Å². The Morgan fingerprint density at radius 1 is 1.03 bits per heavy atom. The molecular formula is C26H32F3N3O4. The van der Waals surface area contributed by atoms with Crippen molar-refractivity contribution in [3.05, 3.63) is 41.0 Å². The van der Waals surface area contributed by atoms with Gasteiger partial charge in [-0.05, 0) is 38.0 Å². The Labute approximate surface area is 208 Å². The van der Waals surface area contributed by atoms with Gasteiger partial charge in [-0.25, -0.2) is 4.79 Å². The second kappa shape index (κ2) is 9.70. The van der Waals surface area contributed by atoms with Gasteiger partial charge >= 0.3 is 12.1 Å². The number of halogens is 3. The van der Waals surface area contributed by atoms with Crippen LogP contribution in [0.4, 0.5) is 18.9 Å². The normalized spacial score (nSPS) is 23.9. The fraction of sp³-hybridized carbons (Fsp3) is 0.615. The van der Waals surface area contributed by atoms with Crippen LogP contribution in [-0.2, 0) is 25.2 Å². The summed E-state index contributed by atoms with van der Waals surface area (Å²) < 4.78 is 50.7. The van der Waals surface area contributed by atoms with E-state index in [1.165, 1.54) is 6.07 Å². The van der Waals surface area contributed by atoms with Crippen molar-refractivity contribution in [2.24, 2.45) is 0 Å². The van der Waals surface area contributed by atoms with Crippen LogP contribution in [0.5, 0.6) is 0 Å². The van der Waals surface area contributed by atoms with Gasteiger partial charge in [0.1, 0.15) is 5.60 Å². The smallest absolute Gasteiger partial charge is 0.416 e. The van der Waals surface area contributed by atoms with E-state index < -0.39 is 23.3 Å². The number of likely N-dealkylation sites (tertiary alicyclic amines) is 1. The summed E-state index contributed by atoms with van der Waals surface area (Å²) in [5.74, 6) is -0.623. The van der Waals surface area contributed by atoms with E-state index in [1.54, 1.807) is 17.9 Å². The van der Waals surface area contributed by atoms with E-state index in [-0.39, 0.29) is 5.91 Å². The number of anilines is 1. The highest BCUT2D eigenvalue weighted by Crippen LogP contribution is 2.43. The molecule has 0 unspecified atom stereocenters. The minimum absolute atomic E-state index is 0.193. The number of benzene rings is 1. The number of alkyl halides is 3. The van der Waals surface area contributed by atoms with Crippen LogP contribution in [0.25, 0.3) is 0 Å². The van der Waals surface area contributed by atoms with Crippen LogP contribution in [0, 0.1) is 0 Å². The number of rotatable bonds is 3. The number of amides is 1. The summed E-state index contributed by atoms with van der Waals surface area (Å²) in [7, 11) is 0. The molecule has 0 bridgehead atoms. The van der Waals surface area contributed by atoms with E-state index in [9.17, 15) is 22.8 Å². The first kappa shape index (κ1) is 25.1. The first-order valence-corrected chi connectivity index (χ1v) is 12.7. The molecule has 1 aromatic rings. The van der Waals surface area contributed by atoms with Gasteiger partial charge in [-0.2, -0.15) is 13.2 Å². The predicted octanol–water partition coefficient (Wildman–Crippen LogP) is 3.24. The maximum Gasteiger partial charge on any atom is 0.416 e. The molecule has 0 aromatic heterocycles. The minimum Gasteiger partial charge on any atom is -0.450 e. The molecule has 0 radical (unpaired) electrons. The van der Waals surface area contributed by atoms with Crippen molar-refractivity contribution in [1.82, 2.24) is 9.80 Å². The fourth-order valence-corrected chi connectivity index (χ4v) is 5.96. The Morgan fingerprint density at radius 3 is 2.33 bits per heavy atom. The van der Waals surface area contributed by atoms with Crippen molar-refractivity contribution in [3.8, 4) is 0 Å². The van der Waals surface area contributed by atoms with Crippen molar-refractivity contribution in [3.63, 3.8) is 0 Å². The average Bonchev–Trinajstić information content (AvgIpc) is 3.13. The topological polar surface area (TPSA) is 62.3 Å². The van der Waals surface area contributed by atoms with E-state index in [0.717, 1.165) is 51.3 Å². The van der Waals surface area contributed by atoms with Crippen LogP contribution in [0.2, 0.25) is 0 Å². The molecule has 10 heteroatoms. The highest BCUT2D eigenvalue weighted by atomic mass is 19.4. The zero-order chi connectivity index (χ0) is 25.5. The van der Waals surface area contributed by atoms with Crippen LogP contribution in [0.1, 0.15) is 38.2 Å². The number of piperidine rings is 1. The highest BCUT2D eigenvalue weighted by molar-refractivity contribution is 6.07. The first-order valence-electron chi connectivity index (χ1n) is 12.7. The number of ether oxygens (including phenoxy) is 2. The van der Waals surface area contributed by atoms with Crippen molar-refractivity contribution >= 4 is 17.6 Å². The summed E-state index contributed by atoms with van der Waals surface area (Å²) in [6, 6.07) is 5.73. The number of hydrogen-bond donors (Lipinski definition) is 0. The second-order valence-corrected chi connectivity index (χ2v) is 10.1. The Balaban J connectivity index is 1.25. The molecule has 1 aromatic carbocycles. The summed E-state index contributed by atoms with van der Waals surface area (Å²) in [5, 5.41) is 0. The maximum absolute atomic E-state index is 13.7. The summed E-state index contributed by atoms with van der Waals surface area (Å²) >= 11 is 0. The molecule has 36 heavy (non-hydrogen) atoms. The molecule has 5 rings (SSSR count). The Hall–Kier alpha value is -2.59. The van der Waals surface area contributed by atoms with E-state index in [2.05, 4.69) is 4.90 Å². The quantitative estimate of drug-likeness (QED) is 0.586. The number of esters is 1. The predicted molar refractivity (Wildman–Crippen MR) is 126 cm³/mol. The van der Waals surface area contributed by atoms with Crippen molar-refractivity contribution in [2.75, 3.05) is 57.4 Å². The van der Waals surface area contributed by atoms with Gasteiger partial charge in [0.25, 0.3) is 5.91 Å². The molecule has 0 N–H and O–H groups in total.